The predicted molar refractivity (Wildman–Crippen MR) is 117 cm³/mol. The molecule has 6 nitrogen and oxygen atoms in total. The lowest BCUT2D eigenvalue weighted by atomic mass is 9.77. The Morgan fingerprint density at radius 2 is 1.80 bits per heavy atom. The largest absolute Gasteiger partial charge is 0.493 e. The Hall–Kier alpha value is -1.79. The summed E-state index contributed by atoms with van der Waals surface area (Å²) in [6, 6.07) is 7.26. The molecular formula is C23H33ClN2O4. The number of carbonyl (C=O) groups excluding carboxylic acids is 2. The third kappa shape index (κ3) is 6.35. The highest BCUT2D eigenvalue weighted by Crippen LogP contribution is 2.36. The van der Waals surface area contributed by atoms with Gasteiger partial charge in [0.15, 0.2) is 0 Å². The first kappa shape index (κ1) is 22.9. The van der Waals surface area contributed by atoms with E-state index in [-0.39, 0.29) is 17.2 Å². The quantitative estimate of drug-likeness (QED) is 0.655. The normalized spacial score (nSPS) is 22.3. The van der Waals surface area contributed by atoms with Gasteiger partial charge in [0, 0.05) is 49.5 Å². The summed E-state index contributed by atoms with van der Waals surface area (Å²) in [5.74, 6) is 1.33. The minimum absolute atomic E-state index is 0.121. The second kappa shape index (κ2) is 10.5. The van der Waals surface area contributed by atoms with Gasteiger partial charge in [0.25, 0.3) is 0 Å². The topological polar surface area (TPSA) is 59.1 Å². The number of hydrogen-bond acceptors (Lipinski definition) is 4. The van der Waals surface area contributed by atoms with Crippen molar-refractivity contribution in [2.75, 3.05) is 46.0 Å². The minimum atomic E-state index is -0.389. The SMILES string of the molecule is CC(C)CC(=O)N1CCCC(COc2ccc(Cl)cc2)(CC(=O)N2CCOCC2)C1. The number of rotatable bonds is 7. The zero-order chi connectivity index (χ0) is 21.6. The first-order chi connectivity index (χ1) is 14.4. The van der Waals surface area contributed by atoms with Crippen molar-refractivity contribution in [1.29, 1.82) is 0 Å². The molecule has 30 heavy (non-hydrogen) atoms. The van der Waals surface area contributed by atoms with Gasteiger partial charge in [-0.25, -0.2) is 0 Å². The van der Waals surface area contributed by atoms with Gasteiger partial charge in [0.2, 0.25) is 11.8 Å². The van der Waals surface area contributed by atoms with Crippen molar-refractivity contribution in [1.82, 2.24) is 9.80 Å². The molecule has 2 saturated heterocycles. The molecule has 1 atom stereocenters. The van der Waals surface area contributed by atoms with E-state index in [1.165, 1.54) is 0 Å². The van der Waals surface area contributed by atoms with E-state index in [0.717, 1.165) is 25.1 Å². The van der Waals surface area contributed by atoms with E-state index in [2.05, 4.69) is 13.8 Å². The molecule has 7 heteroatoms. The smallest absolute Gasteiger partial charge is 0.223 e. The molecule has 0 aromatic heterocycles. The van der Waals surface area contributed by atoms with Gasteiger partial charge in [-0.3, -0.25) is 9.59 Å². The van der Waals surface area contributed by atoms with Crippen LogP contribution in [0.4, 0.5) is 0 Å². The van der Waals surface area contributed by atoms with Crippen molar-refractivity contribution in [3.63, 3.8) is 0 Å². The fourth-order valence-electron chi connectivity index (χ4n) is 4.22. The third-order valence-electron chi connectivity index (χ3n) is 5.85. The van der Waals surface area contributed by atoms with Crippen LogP contribution in [0.3, 0.4) is 0 Å². The van der Waals surface area contributed by atoms with Crippen LogP contribution in [0.5, 0.6) is 5.75 Å². The molecule has 166 valence electrons. The number of halogens is 1. The van der Waals surface area contributed by atoms with Crippen molar-refractivity contribution in [2.24, 2.45) is 11.3 Å². The van der Waals surface area contributed by atoms with Crippen LogP contribution in [-0.2, 0) is 14.3 Å². The van der Waals surface area contributed by atoms with Gasteiger partial charge in [-0.05, 0) is 43.0 Å². The highest BCUT2D eigenvalue weighted by molar-refractivity contribution is 6.30. The second-order valence-corrected chi connectivity index (χ2v) is 9.37. The van der Waals surface area contributed by atoms with Gasteiger partial charge >= 0.3 is 0 Å². The molecule has 1 unspecified atom stereocenters. The lowest BCUT2D eigenvalue weighted by Gasteiger charge is -2.43. The van der Waals surface area contributed by atoms with Gasteiger partial charge < -0.3 is 19.3 Å². The molecule has 0 saturated carbocycles. The molecule has 2 heterocycles. The summed E-state index contributed by atoms with van der Waals surface area (Å²) in [5, 5.41) is 0.655. The van der Waals surface area contributed by atoms with Crippen LogP contribution in [-0.4, -0.2) is 67.6 Å². The van der Waals surface area contributed by atoms with Crippen LogP contribution in [0, 0.1) is 11.3 Å². The molecule has 0 bridgehead atoms. The predicted octanol–water partition coefficient (Wildman–Crippen LogP) is 3.62. The van der Waals surface area contributed by atoms with Crippen LogP contribution in [0.15, 0.2) is 24.3 Å². The van der Waals surface area contributed by atoms with Gasteiger partial charge in [0.05, 0.1) is 19.8 Å². The molecular weight excluding hydrogens is 404 g/mol. The summed E-state index contributed by atoms with van der Waals surface area (Å²) in [6.07, 6.45) is 2.66. The van der Waals surface area contributed by atoms with Gasteiger partial charge in [-0.1, -0.05) is 25.4 Å². The van der Waals surface area contributed by atoms with E-state index in [1.54, 1.807) is 12.1 Å². The number of nitrogens with zero attached hydrogens (tertiary/aromatic N) is 2. The van der Waals surface area contributed by atoms with Crippen molar-refractivity contribution < 1.29 is 19.1 Å². The maximum Gasteiger partial charge on any atom is 0.223 e. The average Bonchev–Trinajstić information content (AvgIpc) is 2.74. The zero-order valence-electron chi connectivity index (χ0n) is 18.1. The van der Waals surface area contributed by atoms with Crippen LogP contribution in [0.25, 0.3) is 0 Å². The zero-order valence-corrected chi connectivity index (χ0v) is 18.8. The molecule has 2 amide bonds. The van der Waals surface area contributed by atoms with Gasteiger partial charge in [0.1, 0.15) is 5.75 Å². The molecule has 0 aliphatic carbocycles. The Morgan fingerprint density at radius 3 is 2.47 bits per heavy atom. The number of carbonyl (C=O) groups is 2. The molecule has 0 spiro atoms. The standard InChI is InChI=1S/C23H33ClN2O4/c1-18(2)14-21(27)26-9-3-8-23(16-26,15-22(28)25-10-12-29-13-11-25)17-30-20-6-4-19(24)5-7-20/h4-7,18H,3,8-17H2,1-2H3. The number of hydrogen-bond donors (Lipinski definition) is 0. The number of piperidine rings is 1. The summed E-state index contributed by atoms with van der Waals surface area (Å²) in [5.41, 5.74) is -0.389. The summed E-state index contributed by atoms with van der Waals surface area (Å²) < 4.78 is 11.5. The highest BCUT2D eigenvalue weighted by atomic mass is 35.5. The molecule has 2 aliphatic heterocycles. The van der Waals surface area contributed by atoms with E-state index in [9.17, 15) is 9.59 Å². The van der Waals surface area contributed by atoms with Crippen LogP contribution in [0.1, 0.15) is 39.5 Å². The minimum Gasteiger partial charge on any atom is -0.493 e. The summed E-state index contributed by atoms with van der Waals surface area (Å²) >= 11 is 5.98. The average molecular weight is 437 g/mol. The monoisotopic (exact) mass is 436 g/mol. The molecule has 1 aromatic carbocycles. The van der Waals surface area contributed by atoms with Crippen molar-refractivity contribution in [3.05, 3.63) is 29.3 Å². The van der Waals surface area contributed by atoms with Crippen molar-refractivity contribution in [2.45, 2.75) is 39.5 Å². The van der Waals surface area contributed by atoms with Crippen molar-refractivity contribution in [3.8, 4) is 5.75 Å². The fraction of sp³-hybridized carbons (Fsp3) is 0.652. The van der Waals surface area contributed by atoms with E-state index in [0.29, 0.717) is 63.2 Å². The lowest BCUT2D eigenvalue weighted by molar-refractivity contribution is -0.144. The maximum absolute atomic E-state index is 13.1. The molecule has 0 radical (unpaired) electrons. The van der Waals surface area contributed by atoms with Crippen LogP contribution < -0.4 is 4.74 Å². The number of likely N-dealkylation sites (tertiary alicyclic amines) is 1. The molecule has 3 rings (SSSR count). The third-order valence-corrected chi connectivity index (χ3v) is 6.10. The number of morpholine rings is 1. The molecule has 2 aliphatic rings. The highest BCUT2D eigenvalue weighted by Gasteiger charge is 2.41. The molecule has 2 fully saturated rings. The summed E-state index contributed by atoms with van der Waals surface area (Å²) in [6.45, 7) is 8.24. The Kier molecular flexibility index (Phi) is 8.00. The maximum atomic E-state index is 13.1. The van der Waals surface area contributed by atoms with Gasteiger partial charge in [-0.15, -0.1) is 0 Å². The molecule has 1 aromatic rings. The van der Waals surface area contributed by atoms with E-state index >= 15 is 0 Å². The Balaban J connectivity index is 1.73. The fourth-order valence-corrected chi connectivity index (χ4v) is 4.35. The van der Waals surface area contributed by atoms with E-state index < -0.39 is 0 Å². The number of ether oxygens (including phenoxy) is 2. The first-order valence-corrected chi connectivity index (χ1v) is 11.3. The lowest BCUT2D eigenvalue weighted by Crippen LogP contribution is -2.52. The van der Waals surface area contributed by atoms with Gasteiger partial charge in [-0.2, -0.15) is 0 Å². The summed E-state index contributed by atoms with van der Waals surface area (Å²) in [4.78, 5) is 29.6. The Morgan fingerprint density at radius 1 is 1.10 bits per heavy atom. The van der Waals surface area contributed by atoms with Crippen LogP contribution in [0.2, 0.25) is 5.02 Å². The summed E-state index contributed by atoms with van der Waals surface area (Å²) in [7, 11) is 0. The second-order valence-electron chi connectivity index (χ2n) is 8.93. The Bertz CT molecular complexity index is 718. The van der Waals surface area contributed by atoms with E-state index in [1.807, 2.05) is 21.9 Å². The molecule has 0 N–H and O–H groups in total. The number of amides is 2. The van der Waals surface area contributed by atoms with Crippen LogP contribution >= 0.6 is 11.6 Å². The van der Waals surface area contributed by atoms with E-state index in [4.69, 9.17) is 21.1 Å². The first-order valence-electron chi connectivity index (χ1n) is 10.9. The number of benzene rings is 1. The Labute approximate surface area is 184 Å². The van der Waals surface area contributed by atoms with Crippen molar-refractivity contribution >= 4 is 23.4 Å².